The number of hydrogen-bond donors (Lipinski definition) is 0. The summed E-state index contributed by atoms with van der Waals surface area (Å²) < 4.78 is 7.69. The molecule has 0 aliphatic heterocycles. The molecular weight excluding hydrogens is 284 g/mol. The molecular formula is C17H19ClN2O. The minimum Gasteiger partial charge on any atom is -0.497 e. The fourth-order valence-corrected chi connectivity index (χ4v) is 2.88. The minimum atomic E-state index is 0.767. The van der Waals surface area contributed by atoms with Crippen molar-refractivity contribution < 1.29 is 4.74 Å². The zero-order valence-corrected chi connectivity index (χ0v) is 13.3. The molecule has 0 amide bonds. The van der Waals surface area contributed by atoms with Gasteiger partial charge in [0.2, 0.25) is 0 Å². The molecule has 1 heterocycles. The fourth-order valence-electron chi connectivity index (χ4n) is 2.72. The quantitative estimate of drug-likeness (QED) is 0.724. The van der Waals surface area contributed by atoms with Crippen molar-refractivity contribution in [2.75, 3.05) is 27.7 Å². The molecule has 0 N–H and O–H groups in total. The maximum Gasteiger partial charge on any atom is 0.120 e. The lowest BCUT2D eigenvalue weighted by Crippen LogP contribution is -2.18. The summed E-state index contributed by atoms with van der Waals surface area (Å²) in [7, 11) is 5.87. The van der Waals surface area contributed by atoms with Crippen molar-refractivity contribution in [2.24, 2.45) is 0 Å². The van der Waals surface area contributed by atoms with E-state index in [2.05, 4.69) is 41.8 Å². The van der Waals surface area contributed by atoms with Crippen LogP contribution in [0.15, 0.2) is 36.4 Å². The number of benzene rings is 2. The average molecular weight is 303 g/mol. The van der Waals surface area contributed by atoms with Gasteiger partial charge in [0, 0.05) is 35.0 Å². The molecule has 110 valence electrons. The van der Waals surface area contributed by atoms with E-state index in [4.69, 9.17) is 16.3 Å². The summed E-state index contributed by atoms with van der Waals surface area (Å²) >= 11 is 6.19. The molecule has 0 aliphatic carbocycles. The van der Waals surface area contributed by atoms with Crippen LogP contribution in [0.25, 0.3) is 21.8 Å². The molecule has 4 heteroatoms. The Hall–Kier alpha value is -1.71. The number of rotatable bonds is 4. The van der Waals surface area contributed by atoms with Crippen LogP contribution < -0.4 is 4.74 Å². The fraction of sp³-hybridized carbons (Fsp3) is 0.294. The van der Waals surface area contributed by atoms with Gasteiger partial charge in [-0.3, -0.25) is 0 Å². The molecule has 3 aromatic rings. The summed E-state index contributed by atoms with van der Waals surface area (Å²) in [5, 5.41) is 3.24. The first-order valence-corrected chi connectivity index (χ1v) is 7.38. The van der Waals surface area contributed by atoms with Crippen LogP contribution in [0.4, 0.5) is 0 Å². The Morgan fingerprint density at radius 2 is 1.71 bits per heavy atom. The lowest BCUT2D eigenvalue weighted by Gasteiger charge is -2.13. The zero-order chi connectivity index (χ0) is 15.0. The van der Waals surface area contributed by atoms with Crippen LogP contribution >= 0.6 is 11.6 Å². The van der Waals surface area contributed by atoms with Crippen LogP contribution in [-0.2, 0) is 6.54 Å². The number of halogens is 1. The largest absolute Gasteiger partial charge is 0.497 e. The number of aromatic nitrogens is 1. The molecule has 0 radical (unpaired) electrons. The predicted molar refractivity (Wildman–Crippen MR) is 89.6 cm³/mol. The van der Waals surface area contributed by atoms with Crippen molar-refractivity contribution in [2.45, 2.75) is 6.54 Å². The number of likely N-dealkylation sites (N-methyl/N-ethyl adjacent to an activating group) is 1. The molecule has 0 saturated heterocycles. The highest BCUT2D eigenvalue weighted by atomic mass is 35.5. The van der Waals surface area contributed by atoms with Crippen LogP contribution in [0.2, 0.25) is 5.02 Å². The first-order chi connectivity index (χ1) is 10.1. The van der Waals surface area contributed by atoms with Gasteiger partial charge in [-0.25, -0.2) is 0 Å². The van der Waals surface area contributed by atoms with Crippen LogP contribution in [0.5, 0.6) is 5.75 Å². The van der Waals surface area contributed by atoms with Crippen molar-refractivity contribution in [3.8, 4) is 5.75 Å². The Kier molecular flexibility index (Phi) is 3.79. The summed E-state index contributed by atoms with van der Waals surface area (Å²) in [4.78, 5) is 2.18. The van der Waals surface area contributed by atoms with Crippen LogP contribution in [-0.4, -0.2) is 37.2 Å². The van der Waals surface area contributed by atoms with E-state index >= 15 is 0 Å². The first kappa shape index (κ1) is 14.2. The number of methoxy groups -OCH3 is 1. The van der Waals surface area contributed by atoms with Crippen molar-refractivity contribution in [3.05, 3.63) is 41.4 Å². The van der Waals surface area contributed by atoms with E-state index in [1.54, 1.807) is 7.11 Å². The molecule has 3 rings (SSSR count). The van der Waals surface area contributed by atoms with Gasteiger partial charge in [-0.2, -0.15) is 0 Å². The molecule has 21 heavy (non-hydrogen) atoms. The smallest absolute Gasteiger partial charge is 0.120 e. The van der Waals surface area contributed by atoms with Gasteiger partial charge >= 0.3 is 0 Å². The molecule has 3 nitrogen and oxygen atoms in total. The van der Waals surface area contributed by atoms with Gasteiger partial charge in [-0.05, 0) is 38.4 Å². The summed E-state index contributed by atoms with van der Waals surface area (Å²) in [5.41, 5.74) is 2.36. The van der Waals surface area contributed by atoms with E-state index in [1.807, 2.05) is 18.2 Å². The van der Waals surface area contributed by atoms with Gasteiger partial charge in [-0.15, -0.1) is 0 Å². The molecule has 0 unspecified atom stereocenters. The van der Waals surface area contributed by atoms with Crippen molar-refractivity contribution in [1.29, 1.82) is 0 Å². The van der Waals surface area contributed by atoms with Crippen LogP contribution in [0.3, 0.4) is 0 Å². The third kappa shape index (κ3) is 2.59. The van der Waals surface area contributed by atoms with Crippen molar-refractivity contribution in [3.63, 3.8) is 0 Å². The molecule has 0 atom stereocenters. The van der Waals surface area contributed by atoms with E-state index in [-0.39, 0.29) is 0 Å². The average Bonchev–Trinajstić information content (AvgIpc) is 2.77. The van der Waals surface area contributed by atoms with Gasteiger partial charge in [0.1, 0.15) is 5.75 Å². The van der Waals surface area contributed by atoms with Gasteiger partial charge in [0.05, 0.1) is 18.1 Å². The van der Waals surface area contributed by atoms with E-state index in [0.29, 0.717) is 0 Å². The molecule has 0 bridgehead atoms. The van der Waals surface area contributed by atoms with E-state index in [0.717, 1.165) is 23.9 Å². The third-order valence-electron chi connectivity index (χ3n) is 3.81. The molecule has 0 spiro atoms. The monoisotopic (exact) mass is 302 g/mol. The van der Waals surface area contributed by atoms with Crippen molar-refractivity contribution in [1.82, 2.24) is 9.47 Å². The highest BCUT2D eigenvalue weighted by molar-refractivity contribution is 6.31. The Bertz CT molecular complexity index is 792. The maximum atomic E-state index is 6.19. The van der Waals surface area contributed by atoms with Gasteiger partial charge in [-0.1, -0.05) is 17.7 Å². The summed E-state index contributed by atoms with van der Waals surface area (Å²) in [6.07, 6.45) is 0. The molecule has 1 aromatic heterocycles. The number of hydrogen-bond acceptors (Lipinski definition) is 2. The molecule has 2 aromatic carbocycles. The lowest BCUT2D eigenvalue weighted by molar-refractivity contribution is 0.389. The maximum absolute atomic E-state index is 6.19. The van der Waals surface area contributed by atoms with Crippen LogP contribution in [0.1, 0.15) is 0 Å². The normalized spacial score (nSPS) is 11.7. The highest BCUT2D eigenvalue weighted by Gasteiger charge is 2.12. The number of ether oxygens (including phenoxy) is 1. The zero-order valence-electron chi connectivity index (χ0n) is 12.6. The minimum absolute atomic E-state index is 0.767. The third-order valence-corrected chi connectivity index (χ3v) is 4.04. The van der Waals surface area contributed by atoms with Gasteiger partial charge in [0.25, 0.3) is 0 Å². The first-order valence-electron chi connectivity index (χ1n) is 7.00. The highest BCUT2D eigenvalue weighted by Crippen LogP contribution is 2.33. The Balaban J connectivity index is 2.28. The van der Waals surface area contributed by atoms with Gasteiger partial charge in [0.15, 0.2) is 0 Å². The number of fused-ring (bicyclic) bond motifs is 3. The lowest BCUT2D eigenvalue weighted by atomic mass is 10.1. The molecule has 0 aliphatic rings. The Labute approximate surface area is 129 Å². The standard InChI is InChI=1S/C17H19ClN2O/c1-19(2)8-9-20-16-10-12(18)4-6-14(16)15-7-5-13(21-3)11-17(15)20/h4-7,10-11H,8-9H2,1-3H3. The van der Waals surface area contributed by atoms with Gasteiger partial charge < -0.3 is 14.2 Å². The summed E-state index contributed by atoms with van der Waals surface area (Å²) in [6, 6.07) is 12.3. The summed E-state index contributed by atoms with van der Waals surface area (Å²) in [5.74, 6) is 0.877. The van der Waals surface area contributed by atoms with Crippen LogP contribution in [0, 0.1) is 0 Å². The second kappa shape index (κ2) is 5.58. The summed E-state index contributed by atoms with van der Waals surface area (Å²) in [6.45, 7) is 1.89. The van der Waals surface area contributed by atoms with Crippen molar-refractivity contribution >= 4 is 33.4 Å². The topological polar surface area (TPSA) is 17.4 Å². The SMILES string of the molecule is COc1ccc2c3ccc(Cl)cc3n(CCN(C)C)c2c1. The van der Waals surface area contributed by atoms with E-state index < -0.39 is 0 Å². The predicted octanol–water partition coefficient (Wildman–Crippen LogP) is 4.02. The Morgan fingerprint density at radius 3 is 2.38 bits per heavy atom. The molecule has 0 fully saturated rings. The molecule has 0 saturated carbocycles. The second-order valence-electron chi connectivity index (χ2n) is 5.50. The van der Waals surface area contributed by atoms with E-state index in [9.17, 15) is 0 Å². The van der Waals surface area contributed by atoms with E-state index in [1.165, 1.54) is 21.8 Å². The Morgan fingerprint density at radius 1 is 1.05 bits per heavy atom. The number of nitrogens with zero attached hydrogens (tertiary/aromatic N) is 2. The second-order valence-corrected chi connectivity index (χ2v) is 5.94.